The number of hydrogen-bond donors (Lipinski definition) is 1. The fraction of sp³-hybridized carbons (Fsp3) is 0.385. The van der Waals surface area contributed by atoms with E-state index in [1.807, 2.05) is 29.9 Å². The second kappa shape index (κ2) is 5.10. The molecule has 2 aromatic heterocycles. The molecule has 17 heavy (non-hydrogen) atoms. The fourth-order valence-electron chi connectivity index (χ4n) is 1.81. The van der Waals surface area contributed by atoms with Gasteiger partial charge in [-0.3, -0.25) is 9.67 Å². The van der Waals surface area contributed by atoms with Gasteiger partial charge in [-0.25, -0.2) is 0 Å². The lowest BCUT2D eigenvalue weighted by atomic mass is 10.1. The third-order valence-corrected chi connectivity index (χ3v) is 2.73. The average molecular weight is 231 g/mol. The Morgan fingerprint density at radius 1 is 1.47 bits per heavy atom. The second-order valence-electron chi connectivity index (χ2n) is 4.14. The lowest BCUT2D eigenvalue weighted by Gasteiger charge is -2.10. The Morgan fingerprint density at radius 2 is 2.29 bits per heavy atom. The highest BCUT2D eigenvalue weighted by Gasteiger charge is 2.15. The lowest BCUT2D eigenvalue weighted by Crippen LogP contribution is -2.03. The van der Waals surface area contributed by atoms with Crippen LogP contribution in [0.1, 0.15) is 36.3 Å². The molecule has 0 bridgehead atoms. The quantitative estimate of drug-likeness (QED) is 0.876. The molecule has 0 saturated heterocycles. The number of pyridine rings is 1. The third-order valence-electron chi connectivity index (χ3n) is 2.73. The topological polar surface area (TPSA) is 50.9 Å². The summed E-state index contributed by atoms with van der Waals surface area (Å²) in [6.07, 6.45) is 5.61. The Kier molecular flexibility index (Phi) is 3.54. The molecule has 2 aromatic rings. The molecule has 0 saturated carbocycles. The van der Waals surface area contributed by atoms with Crippen LogP contribution in [0.25, 0.3) is 0 Å². The van der Waals surface area contributed by atoms with E-state index in [1.165, 1.54) is 0 Å². The van der Waals surface area contributed by atoms with Gasteiger partial charge in [0, 0.05) is 24.5 Å². The molecule has 0 aromatic carbocycles. The summed E-state index contributed by atoms with van der Waals surface area (Å²) in [6, 6.07) is 3.81. The van der Waals surface area contributed by atoms with Gasteiger partial charge in [-0.05, 0) is 25.0 Å². The van der Waals surface area contributed by atoms with E-state index < -0.39 is 6.10 Å². The van der Waals surface area contributed by atoms with E-state index in [1.54, 1.807) is 12.4 Å². The number of nitrogens with zero attached hydrogens (tertiary/aromatic N) is 3. The molecular formula is C13H17N3O. The first-order chi connectivity index (χ1) is 8.22. The number of aryl methyl sites for hydroxylation is 2. The van der Waals surface area contributed by atoms with E-state index in [-0.39, 0.29) is 0 Å². The van der Waals surface area contributed by atoms with E-state index in [2.05, 4.69) is 17.0 Å². The summed E-state index contributed by atoms with van der Waals surface area (Å²) < 4.78 is 1.84. The molecule has 4 nitrogen and oxygen atoms in total. The maximum atomic E-state index is 10.2. The molecule has 0 radical (unpaired) electrons. The van der Waals surface area contributed by atoms with E-state index in [0.717, 1.165) is 24.1 Å². The van der Waals surface area contributed by atoms with Gasteiger partial charge in [0.2, 0.25) is 0 Å². The summed E-state index contributed by atoms with van der Waals surface area (Å²) in [5.74, 6) is 0. The van der Waals surface area contributed by atoms with Gasteiger partial charge >= 0.3 is 0 Å². The number of aliphatic hydroxyl groups is 1. The van der Waals surface area contributed by atoms with Crippen molar-refractivity contribution in [3.05, 3.63) is 47.5 Å². The smallest absolute Gasteiger partial charge is 0.124 e. The highest BCUT2D eigenvalue weighted by atomic mass is 16.3. The van der Waals surface area contributed by atoms with Gasteiger partial charge in [-0.1, -0.05) is 13.0 Å². The van der Waals surface area contributed by atoms with Crippen molar-refractivity contribution in [3.8, 4) is 0 Å². The van der Waals surface area contributed by atoms with Crippen LogP contribution in [0, 0.1) is 6.92 Å². The Balaban J connectivity index is 2.24. The first-order valence-corrected chi connectivity index (χ1v) is 5.84. The minimum Gasteiger partial charge on any atom is -0.382 e. The van der Waals surface area contributed by atoms with Crippen LogP contribution in [-0.2, 0) is 6.54 Å². The molecule has 90 valence electrons. The maximum absolute atomic E-state index is 10.2. The summed E-state index contributed by atoms with van der Waals surface area (Å²) >= 11 is 0. The molecule has 1 unspecified atom stereocenters. The molecule has 2 heterocycles. The van der Waals surface area contributed by atoms with Crippen molar-refractivity contribution in [2.45, 2.75) is 32.9 Å². The van der Waals surface area contributed by atoms with Gasteiger partial charge in [0.25, 0.3) is 0 Å². The van der Waals surface area contributed by atoms with Crippen LogP contribution in [0.4, 0.5) is 0 Å². The van der Waals surface area contributed by atoms with Crippen LogP contribution < -0.4 is 0 Å². The summed E-state index contributed by atoms with van der Waals surface area (Å²) in [4.78, 5) is 4.22. The maximum Gasteiger partial charge on any atom is 0.124 e. The predicted octanol–water partition coefficient (Wildman–Crippen LogP) is 2.08. The molecule has 0 spiro atoms. The fourth-order valence-corrected chi connectivity index (χ4v) is 1.81. The summed E-state index contributed by atoms with van der Waals surface area (Å²) in [6.45, 7) is 4.91. The van der Waals surface area contributed by atoms with Crippen LogP contribution in [0.2, 0.25) is 0 Å². The van der Waals surface area contributed by atoms with Crippen molar-refractivity contribution in [2.75, 3.05) is 0 Å². The molecule has 0 aliphatic heterocycles. The van der Waals surface area contributed by atoms with E-state index >= 15 is 0 Å². The number of hydrogen-bond acceptors (Lipinski definition) is 3. The molecule has 4 heteroatoms. The van der Waals surface area contributed by atoms with E-state index in [4.69, 9.17) is 0 Å². The monoisotopic (exact) mass is 231 g/mol. The van der Waals surface area contributed by atoms with Crippen LogP contribution in [0.3, 0.4) is 0 Å². The van der Waals surface area contributed by atoms with Gasteiger partial charge in [0.05, 0.1) is 11.9 Å². The molecule has 0 aliphatic carbocycles. The van der Waals surface area contributed by atoms with Gasteiger partial charge in [-0.15, -0.1) is 0 Å². The summed E-state index contributed by atoms with van der Waals surface area (Å²) in [5, 5.41) is 14.4. The van der Waals surface area contributed by atoms with Crippen LogP contribution in [0.15, 0.2) is 30.7 Å². The Hall–Kier alpha value is -1.68. The second-order valence-corrected chi connectivity index (χ2v) is 4.14. The van der Waals surface area contributed by atoms with Crippen LogP contribution in [-0.4, -0.2) is 19.9 Å². The minimum atomic E-state index is -0.693. The van der Waals surface area contributed by atoms with Crippen LogP contribution >= 0.6 is 0 Å². The zero-order valence-electron chi connectivity index (χ0n) is 10.2. The molecule has 2 rings (SSSR count). The number of aromatic nitrogens is 3. The molecule has 1 N–H and O–H groups in total. The van der Waals surface area contributed by atoms with Gasteiger partial charge in [0.1, 0.15) is 6.10 Å². The van der Waals surface area contributed by atoms with E-state index in [0.29, 0.717) is 5.69 Å². The SMILES string of the molecule is CCCn1cc(C(O)c2ncccc2C)cn1. The zero-order valence-corrected chi connectivity index (χ0v) is 10.2. The Labute approximate surface area is 101 Å². The summed E-state index contributed by atoms with van der Waals surface area (Å²) in [5.41, 5.74) is 2.48. The van der Waals surface area contributed by atoms with Crippen molar-refractivity contribution < 1.29 is 5.11 Å². The number of rotatable bonds is 4. The first-order valence-electron chi connectivity index (χ1n) is 5.84. The van der Waals surface area contributed by atoms with Crippen molar-refractivity contribution >= 4 is 0 Å². The molecule has 1 atom stereocenters. The predicted molar refractivity (Wildman–Crippen MR) is 65.6 cm³/mol. The Morgan fingerprint density at radius 3 is 3.00 bits per heavy atom. The van der Waals surface area contributed by atoms with Crippen molar-refractivity contribution in [1.82, 2.24) is 14.8 Å². The molecule has 0 aliphatic rings. The first kappa shape index (κ1) is 11.8. The average Bonchev–Trinajstić information content (AvgIpc) is 2.78. The molecule has 0 amide bonds. The largest absolute Gasteiger partial charge is 0.382 e. The van der Waals surface area contributed by atoms with Gasteiger partial charge in [-0.2, -0.15) is 5.10 Å². The number of aliphatic hydroxyl groups excluding tert-OH is 1. The van der Waals surface area contributed by atoms with Crippen LogP contribution in [0.5, 0.6) is 0 Å². The summed E-state index contributed by atoms with van der Waals surface area (Å²) in [7, 11) is 0. The van der Waals surface area contributed by atoms with Crippen molar-refractivity contribution in [1.29, 1.82) is 0 Å². The van der Waals surface area contributed by atoms with Gasteiger partial charge in [0.15, 0.2) is 0 Å². The zero-order chi connectivity index (χ0) is 12.3. The normalized spacial score (nSPS) is 12.6. The highest BCUT2D eigenvalue weighted by Crippen LogP contribution is 2.21. The third kappa shape index (κ3) is 2.53. The Bertz CT molecular complexity index is 493. The van der Waals surface area contributed by atoms with Crippen molar-refractivity contribution in [3.63, 3.8) is 0 Å². The lowest BCUT2D eigenvalue weighted by molar-refractivity contribution is 0.214. The molecular weight excluding hydrogens is 214 g/mol. The van der Waals surface area contributed by atoms with Gasteiger partial charge < -0.3 is 5.11 Å². The minimum absolute atomic E-state index is 0.693. The standard InChI is InChI=1S/C13H17N3O/c1-3-7-16-9-11(8-15-16)13(17)12-10(2)5-4-6-14-12/h4-6,8-9,13,17H,3,7H2,1-2H3. The molecule has 0 fully saturated rings. The highest BCUT2D eigenvalue weighted by molar-refractivity contribution is 5.27. The van der Waals surface area contributed by atoms with E-state index in [9.17, 15) is 5.11 Å². The van der Waals surface area contributed by atoms with Crippen molar-refractivity contribution in [2.24, 2.45) is 0 Å².